The largest absolute Gasteiger partial charge is 0.496 e. The third-order valence-corrected chi connectivity index (χ3v) is 5.99. The molecule has 1 aliphatic carbocycles. The molecule has 0 aromatic heterocycles. The number of nitrogens with one attached hydrogen (secondary N) is 1. The van der Waals surface area contributed by atoms with Crippen LogP contribution >= 0.6 is 0 Å². The molecular weight excluding hydrogens is 378 g/mol. The van der Waals surface area contributed by atoms with Crippen molar-refractivity contribution >= 4 is 12.0 Å². The molecule has 1 unspecified atom stereocenters. The molecule has 1 saturated heterocycles. The Kier molecular flexibility index (Phi) is 6.26. The number of ether oxygens (including phenoxy) is 3. The molecule has 1 amide bonds. The van der Waals surface area contributed by atoms with Crippen molar-refractivity contribution in [1.82, 2.24) is 5.32 Å². The molecule has 1 saturated carbocycles. The van der Waals surface area contributed by atoms with Crippen LogP contribution in [0.25, 0.3) is 6.08 Å². The first kappa shape index (κ1) is 20.3. The van der Waals surface area contributed by atoms with Crippen molar-refractivity contribution in [3.05, 3.63) is 59.2 Å². The topological polar surface area (TPSA) is 56.8 Å². The summed E-state index contributed by atoms with van der Waals surface area (Å²) < 4.78 is 17.2. The van der Waals surface area contributed by atoms with E-state index in [1.807, 2.05) is 36.4 Å². The van der Waals surface area contributed by atoms with Crippen LogP contribution in [0, 0.1) is 0 Å². The number of methoxy groups -OCH3 is 2. The van der Waals surface area contributed by atoms with Gasteiger partial charge in [-0.15, -0.1) is 0 Å². The molecule has 1 aliphatic heterocycles. The van der Waals surface area contributed by atoms with Gasteiger partial charge in [-0.25, -0.2) is 0 Å². The van der Waals surface area contributed by atoms with Crippen LogP contribution in [0.4, 0.5) is 0 Å². The maximum absolute atomic E-state index is 12.5. The minimum atomic E-state index is -0.0203. The Morgan fingerprint density at radius 1 is 0.967 bits per heavy atom. The van der Waals surface area contributed by atoms with Gasteiger partial charge in [0.25, 0.3) is 0 Å². The fraction of sp³-hybridized carbons (Fsp3) is 0.400. The molecule has 4 rings (SSSR count). The molecule has 0 spiro atoms. The Morgan fingerprint density at radius 3 is 2.50 bits per heavy atom. The van der Waals surface area contributed by atoms with Gasteiger partial charge < -0.3 is 19.5 Å². The van der Waals surface area contributed by atoms with Gasteiger partial charge in [-0.1, -0.05) is 24.3 Å². The number of carbonyl (C=O) groups is 1. The van der Waals surface area contributed by atoms with E-state index in [2.05, 4.69) is 17.4 Å². The quantitative estimate of drug-likeness (QED) is 0.705. The fourth-order valence-corrected chi connectivity index (χ4v) is 4.32. The number of hydrogen-bond acceptors (Lipinski definition) is 4. The second-order valence-corrected chi connectivity index (χ2v) is 7.96. The smallest absolute Gasteiger partial charge is 0.247 e. The minimum absolute atomic E-state index is 0.0203. The van der Waals surface area contributed by atoms with Crippen molar-refractivity contribution < 1.29 is 19.0 Å². The number of benzene rings is 2. The Balaban J connectivity index is 1.58. The molecule has 1 heterocycles. The number of hydrogen-bond donors (Lipinski definition) is 1. The zero-order valence-electron chi connectivity index (χ0n) is 17.6. The van der Waals surface area contributed by atoms with E-state index in [1.54, 1.807) is 14.2 Å². The Bertz CT molecular complexity index is 930. The summed E-state index contributed by atoms with van der Waals surface area (Å²) in [4.78, 5) is 12.5. The third kappa shape index (κ3) is 4.45. The van der Waals surface area contributed by atoms with Crippen molar-refractivity contribution in [2.45, 2.75) is 44.1 Å². The summed E-state index contributed by atoms with van der Waals surface area (Å²) >= 11 is 0. The van der Waals surface area contributed by atoms with E-state index in [9.17, 15) is 4.79 Å². The molecule has 2 aromatic carbocycles. The second kappa shape index (κ2) is 9.24. The zero-order chi connectivity index (χ0) is 20.9. The first-order valence-corrected chi connectivity index (χ1v) is 10.6. The summed E-state index contributed by atoms with van der Waals surface area (Å²) in [6.45, 7) is 0.608. The van der Waals surface area contributed by atoms with Crippen LogP contribution in [-0.2, 0) is 4.79 Å². The Hall–Kier alpha value is -2.95. The van der Waals surface area contributed by atoms with E-state index < -0.39 is 0 Å². The van der Waals surface area contributed by atoms with Crippen LogP contribution in [0.3, 0.4) is 0 Å². The lowest BCUT2D eigenvalue weighted by Crippen LogP contribution is -2.35. The second-order valence-electron chi connectivity index (χ2n) is 7.96. The van der Waals surface area contributed by atoms with Gasteiger partial charge >= 0.3 is 0 Å². The molecule has 1 N–H and O–H groups in total. The Morgan fingerprint density at radius 2 is 1.73 bits per heavy atom. The Labute approximate surface area is 178 Å². The lowest BCUT2D eigenvalue weighted by Gasteiger charge is -2.26. The SMILES string of the molecule is COc1ccccc1C=C1CC(c2ccc(OC)c(OC3CCCC3)c2)CNC1=O. The lowest BCUT2D eigenvalue weighted by molar-refractivity contribution is -0.118. The molecule has 30 heavy (non-hydrogen) atoms. The maximum Gasteiger partial charge on any atom is 0.247 e. The number of piperidine rings is 1. The molecule has 2 fully saturated rings. The summed E-state index contributed by atoms with van der Waals surface area (Å²) in [6.07, 6.45) is 7.49. The van der Waals surface area contributed by atoms with Crippen molar-refractivity contribution in [2.24, 2.45) is 0 Å². The summed E-state index contributed by atoms with van der Waals surface area (Å²) in [5, 5.41) is 3.04. The molecule has 5 heteroatoms. The summed E-state index contributed by atoms with van der Waals surface area (Å²) in [6, 6.07) is 13.9. The van der Waals surface area contributed by atoms with Gasteiger partial charge in [0.05, 0.1) is 20.3 Å². The van der Waals surface area contributed by atoms with Gasteiger partial charge in [-0.3, -0.25) is 4.79 Å². The monoisotopic (exact) mass is 407 g/mol. The minimum Gasteiger partial charge on any atom is -0.496 e. The number of rotatable bonds is 6. The highest BCUT2D eigenvalue weighted by atomic mass is 16.5. The number of carbonyl (C=O) groups excluding carboxylic acids is 1. The van der Waals surface area contributed by atoms with Gasteiger partial charge in [0.15, 0.2) is 11.5 Å². The van der Waals surface area contributed by atoms with Gasteiger partial charge in [-0.2, -0.15) is 0 Å². The normalized spacial score (nSPS) is 20.8. The van der Waals surface area contributed by atoms with E-state index in [0.29, 0.717) is 13.0 Å². The maximum atomic E-state index is 12.5. The highest BCUT2D eigenvalue weighted by Crippen LogP contribution is 2.37. The van der Waals surface area contributed by atoms with Crippen LogP contribution in [0.2, 0.25) is 0 Å². The lowest BCUT2D eigenvalue weighted by atomic mass is 9.87. The highest BCUT2D eigenvalue weighted by molar-refractivity contribution is 5.99. The molecule has 158 valence electrons. The van der Waals surface area contributed by atoms with E-state index >= 15 is 0 Å². The standard InChI is InChI=1S/C25H29NO4/c1-28-22-10-6-3-7-18(22)13-19-14-20(16-26-25(19)27)17-11-12-23(29-2)24(15-17)30-21-8-4-5-9-21/h3,6-7,10-13,15,20-21H,4-5,8-9,14,16H2,1-2H3,(H,26,27). The molecular formula is C25H29NO4. The van der Waals surface area contributed by atoms with Crippen LogP contribution in [0.1, 0.15) is 49.1 Å². The molecule has 0 radical (unpaired) electrons. The molecule has 2 aromatic rings. The average Bonchev–Trinajstić information content (AvgIpc) is 3.29. The molecule has 1 atom stereocenters. The first-order valence-electron chi connectivity index (χ1n) is 10.6. The first-order chi connectivity index (χ1) is 14.7. The summed E-state index contributed by atoms with van der Waals surface area (Å²) in [5.74, 6) is 2.48. The zero-order valence-corrected chi connectivity index (χ0v) is 17.6. The van der Waals surface area contributed by atoms with Gasteiger partial charge in [0, 0.05) is 23.6 Å². The van der Waals surface area contributed by atoms with Crippen molar-refractivity contribution in [3.63, 3.8) is 0 Å². The van der Waals surface area contributed by atoms with E-state index in [0.717, 1.165) is 46.8 Å². The molecule has 0 bridgehead atoms. The number of amides is 1. The molecule has 5 nitrogen and oxygen atoms in total. The van der Waals surface area contributed by atoms with Gasteiger partial charge in [0.2, 0.25) is 5.91 Å². The van der Waals surface area contributed by atoms with E-state index in [4.69, 9.17) is 14.2 Å². The van der Waals surface area contributed by atoms with Gasteiger partial charge in [0.1, 0.15) is 5.75 Å². The summed E-state index contributed by atoms with van der Waals surface area (Å²) in [7, 11) is 3.32. The van der Waals surface area contributed by atoms with Crippen LogP contribution < -0.4 is 19.5 Å². The van der Waals surface area contributed by atoms with Gasteiger partial charge in [-0.05, 0) is 61.9 Å². The summed E-state index contributed by atoms with van der Waals surface area (Å²) in [5.41, 5.74) is 2.81. The van der Waals surface area contributed by atoms with Crippen molar-refractivity contribution in [1.29, 1.82) is 0 Å². The fourth-order valence-electron chi connectivity index (χ4n) is 4.32. The predicted octanol–water partition coefficient (Wildman–Crippen LogP) is 4.71. The number of para-hydroxylation sites is 1. The predicted molar refractivity (Wildman–Crippen MR) is 117 cm³/mol. The van der Waals surface area contributed by atoms with Crippen LogP contribution in [0.5, 0.6) is 17.2 Å². The molecule has 2 aliphatic rings. The van der Waals surface area contributed by atoms with E-state index in [-0.39, 0.29) is 17.9 Å². The van der Waals surface area contributed by atoms with Crippen molar-refractivity contribution in [3.8, 4) is 17.2 Å². The third-order valence-electron chi connectivity index (χ3n) is 5.99. The van der Waals surface area contributed by atoms with E-state index in [1.165, 1.54) is 12.8 Å². The average molecular weight is 408 g/mol. The van der Waals surface area contributed by atoms with Crippen LogP contribution in [0.15, 0.2) is 48.0 Å². The van der Waals surface area contributed by atoms with Crippen LogP contribution in [-0.4, -0.2) is 32.8 Å². The highest BCUT2D eigenvalue weighted by Gasteiger charge is 2.26. The van der Waals surface area contributed by atoms with Crippen molar-refractivity contribution in [2.75, 3.05) is 20.8 Å².